The lowest BCUT2D eigenvalue weighted by atomic mass is 10.1. The molecule has 3 heterocycles. The Bertz CT molecular complexity index is 804. The fourth-order valence-corrected chi connectivity index (χ4v) is 2.56. The Balaban J connectivity index is 1.66. The van der Waals surface area contributed by atoms with Crippen LogP contribution in [0.4, 0.5) is 5.82 Å². The standard InChI is InChI=1S/C18H17ClN4/c19-17-11-4-10-16(23-17)15-9-2-7-13(21-15)5-1-6-14-8-3-12-18(20)22-14/h2-4,7-12H,1,5-6H2,(H2,20,22). The molecule has 0 spiro atoms. The number of rotatable bonds is 5. The Kier molecular flexibility index (Phi) is 4.83. The Labute approximate surface area is 140 Å². The van der Waals surface area contributed by atoms with Crippen LogP contribution in [0.25, 0.3) is 11.4 Å². The maximum atomic E-state index is 5.94. The lowest BCUT2D eigenvalue weighted by Crippen LogP contribution is -1.98. The number of anilines is 1. The minimum Gasteiger partial charge on any atom is -0.384 e. The molecule has 0 aliphatic heterocycles. The molecule has 0 saturated carbocycles. The fourth-order valence-electron chi connectivity index (χ4n) is 2.40. The summed E-state index contributed by atoms with van der Waals surface area (Å²) < 4.78 is 0. The van der Waals surface area contributed by atoms with Crippen LogP contribution in [0, 0.1) is 0 Å². The number of aromatic nitrogens is 3. The number of nitrogen functional groups attached to an aromatic ring is 1. The molecule has 3 aromatic heterocycles. The van der Waals surface area contributed by atoms with Gasteiger partial charge in [0, 0.05) is 11.4 Å². The molecular weight excluding hydrogens is 308 g/mol. The fraction of sp³-hybridized carbons (Fsp3) is 0.167. The first kappa shape index (κ1) is 15.4. The van der Waals surface area contributed by atoms with E-state index in [1.807, 2.05) is 42.5 Å². The first-order valence-electron chi connectivity index (χ1n) is 7.51. The van der Waals surface area contributed by atoms with Crippen LogP contribution in [0.1, 0.15) is 17.8 Å². The molecule has 0 aliphatic carbocycles. The number of pyridine rings is 3. The summed E-state index contributed by atoms with van der Waals surface area (Å²) in [5, 5.41) is 0.474. The highest BCUT2D eigenvalue weighted by atomic mass is 35.5. The maximum Gasteiger partial charge on any atom is 0.129 e. The molecule has 3 rings (SSSR count). The van der Waals surface area contributed by atoms with Crippen LogP contribution in [0.15, 0.2) is 54.6 Å². The SMILES string of the molecule is Nc1cccc(CCCc2cccc(-c3cccc(Cl)n3)n2)n1. The number of nitrogens with two attached hydrogens (primary N) is 1. The minimum absolute atomic E-state index is 0.474. The molecule has 3 aromatic rings. The van der Waals surface area contributed by atoms with E-state index in [-0.39, 0.29) is 0 Å². The molecule has 0 fully saturated rings. The number of hydrogen-bond donors (Lipinski definition) is 1. The molecule has 4 nitrogen and oxygen atoms in total. The van der Waals surface area contributed by atoms with Crippen LogP contribution in [0.3, 0.4) is 0 Å². The van der Waals surface area contributed by atoms with Gasteiger partial charge in [-0.05, 0) is 55.7 Å². The first-order valence-corrected chi connectivity index (χ1v) is 7.89. The van der Waals surface area contributed by atoms with Crippen LogP contribution < -0.4 is 5.73 Å². The highest BCUT2D eigenvalue weighted by Gasteiger charge is 2.04. The van der Waals surface area contributed by atoms with Crippen molar-refractivity contribution < 1.29 is 0 Å². The minimum atomic E-state index is 0.474. The Morgan fingerprint density at radius 3 is 2.04 bits per heavy atom. The second-order valence-corrected chi connectivity index (χ2v) is 5.65. The van der Waals surface area contributed by atoms with Crippen molar-refractivity contribution >= 4 is 17.4 Å². The molecule has 0 bridgehead atoms. The van der Waals surface area contributed by atoms with Gasteiger partial charge < -0.3 is 5.73 Å². The van der Waals surface area contributed by atoms with Crippen LogP contribution in [-0.2, 0) is 12.8 Å². The summed E-state index contributed by atoms with van der Waals surface area (Å²) in [6, 6.07) is 17.2. The van der Waals surface area contributed by atoms with Gasteiger partial charge >= 0.3 is 0 Å². The molecule has 2 N–H and O–H groups in total. The predicted octanol–water partition coefficient (Wildman–Crippen LogP) is 3.95. The number of aryl methyl sites for hydroxylation is 2. The van der Waals surface area contributed by atoms with E-state index in [9.17, 15) is 0 Å². The Hall–Kier alpha value is -2.46. The van der Waals surface area contributed by atoms with Crippen molar-refractivity contribution in [1.82, 2.24) is 15.0 Å². The topological polar surface area (TPSA) is 64.7 Å². The average molecular weight is 325 g/mol. The van der Waals surface area contributed by atoms with Gasteiger partial charge in [-0.3, -0.25) is 4.98 Å². The zero-order valence-corrected chi connectivity index (χ0v) is 13.4. The van der Waals surface area contributed by atoms with Gasteiger partial charge in [0.25, 0.3) is 0 Å². The van der Waals surface area contributed by atoms with Crippen LogP contribution in [0.5, 0.6) is 0 Å². The predicted molar refractivity (Wildman–Crippen MR) is 93.2 cm³/mol. The first-order chi connectivity index (χ1) is 11.2. The number of halogens is 1. The third-order valence-electron chi connectivity index (χ3n) is 3.48. The second kappa shape index (κ2) is 7.20. The molecule has 0 radical (unpaired) electrons. The highest BCUT2D eigenvalue weighted by Crippen LogP contribution is 2.17. The van der Waals surface area contributed by atoms with Crippen molar-refractivity contribution in [2.45, 2.75) is 19.3 Å². The van der Waals surface area contributed by atoms with Crippen molar-refractivity contribution in [3.63, 3.8) is 0 Å². The lowest BCUT2D eigenvalue weighted by Gasteiger charge is -2.05. The van der Waals surface area contributed by atoms with Gasteiger partial charge in [-0.2, -0.15) is 0 Å². The molecule has 0 atom stereocenters. The summed E-state index contributed by atoms with van der Waals surface area (Å²) in [5.41, 5.74) is 9.37. The van der Waals surface area contributed by atoms with Gasteiger partial charge in [0.05, 0.1) is 11.4 Å². The summed E-state index contributed by atoms with van der Waals surface area (Å²) >= 11 is 5.94. The van der Waals surface area contributed by atoms with Crippen molar-refractivity contribution in [2.75, 3.05) is 5.73 Å². The number of hydrogen-bond acceptors (Lipinski definition) is 4. The second-order valence-electron chi connectivity index (χ2n) is 5.27. The van der Waals surface area contributed by atoms with E-state index in [0.29, 0.717) is 11.0 Å². The van der Waals surface area contributed by atoms with Crippen molar-refractivity contribution in [2.24, 2.45) is 0 Å². The summed E-state index contributed by atoms with van der Waals surface area (Å²) in [6.45, 7) is 0. The maximum absolute atomic E-state index is 5.94. The van der Waals surface area contributed by atoms with Gasteiger partial charge in [0.15, 0.2) is 0 Å². The van der Waals surface area contributed by atoms with E-state index >= 15 is 0 Å². The zero-order chi connectivity index (χ0) is 16.1. The molecule has 5 heteroatoms. The van der Waals surface area contributed by atoms with E-state index in [4.69, 9.17) is 17.3 Å². The van der Waals surface area contributed by atoms with Gasteiger partial charge in [-0.15, -0.1) is 0 Å². The molecule has 0 aliphatic rings. The van der Waals surface area contributed by atoms with E-state index in [0.717, 1.165) is 42.0 Å². The smallest absolute Gasteiger partial charge is 0.129 e. The zero-order valence-electron chi connectivity index (χ0n) is 12.6. The van der Waals surface area contributed by atoms with E-state index in [1.54, 1.807) is 12.1 Å². The molecule has 0 saturated heterocycles. The quantitative estimate of drug-likeness (QED) is 0.722. The van der Waals surface area contributed by atoms with Gasteiger partial charge in [-0.1, -0.05) is 29.8 Å². The van der Waals surface area contributed by atoms with Gasteiger partial charge in [0.1, 0.15) is 11.0 Å². The van der Waals surface area contributed by atoms with Gasteiger partial charge in [-0.25, -0.2) is 9.97 Å². The Morgan fingerprint density at radius 1 is 0.739 bits per heavy atom. The number of nitrogens with zero attached hydrogens (tertiary/aromatic N) is 3. The van der Waals surface area contributed by atoms with Crippen molar-refractivity contribution in [3.05, 3.63) is 71.1 Å². The normalized spacial score (nSPS) is 10.7. The van der Waals surface area contributed by atoms with Crippen LogP contribution in [0.2, 0.25) is 5.15 Å². The monoisotopic (exact) mass is 324 g/mol. The van der Waals surface area contributed by atoms with E-state index in [1.165, 1.54) is 0 Å². The summed E-state index contributed by atoms with van der Waals surface area (Å²) in [4.78, 5) is 13.3. The largest absolute Gasteiger partial charge is 0.384 e. The lowest BCUT2D eigenvalue weighted by molar-refractivity contribution is 0.783. The van der Waals surface area contributed by atoms with Crippen molar-refractivity contribution in [1.29, 1.82) is 0 Å². The van der Waals surface area contributed by atoms with Crippen LogP contribution >= 0.6 is 11.6 Å². The average Bonchev–Trinajstić information content (AvgIpc) is 2.55. The molecule has 23 heavy (non-hydrogen) atoms. The van der Waals surface area contributed by atoms with Crippen molar-refractivity contribution in [3.8, 4) is 11.4 Å². The van der Waals surface area contributed by atoms with E-state index in [2.05, 4.69) is 15.0 Å². The Morgan fingerprint density at radius 2 is 1.35 bits per heavy atom. The molecule has 0 unspecified atom stereocenters. The highest BCUT2D eigenvalue weighted by molar-refractivity contribution is 6.29. The van der Waals surface area contributed by atoms with Crippen LogP contribution in [-0.4, -0.2) is 15.0 Å². The van der Waals surface area contributed by atoms with Gasteiger partial charge in [0.2, 0.25) is 0 Å². The molecule has 0 amide bonds. The molecule has 0 aromatic carbocycles. The summed E-state index contributed by atoms with van der Waals surface area (Å²) in [5.74, 6) is 0.564. The van der Waals surface area contributed by atoms with E-state index < -0.39 is 0 Å². The molecular formula is C18H17ClN4. The summed E-state index contributed by atoms with van der Waals surface area (Å²) in [7, 11) is 0. The third kappa shape index (κ3) is 4.27. The third-order valence-corrected chi connectivity index (χ3v) is 3.69. The summed E-state index contributed by atoms with van der Waals surface area (Å²) in [6.07, 6.45) is 2.73. The molecule has 116 valence electrons.